The predicted octanol–water partition coefficient (Wildman–Crippen LogP) is 16.3. The fourth-order valence-electron chi connectivity index (χ4n) is 16.5. The van der Waals surface area contributed by atoms with E-state index in [9.17, 15) is 27.0 Å². The Bertz CT molecular complexity index is 5170. The molecule has 2 aliphatic carbocycles. The SMILES string of the molecule is Cc1csc(C2(CN(C(=O)O)C(C)(C)C)C3CCN(c4cnc5c(-c6ccc(O[Si](C)(C)C(C)(C)C)c7ccccc67)nn(C6CCCCO6)c5n4)CC32)n1.Cc1csc(C2(CNC(=O)OC(C)(C)C)C3CCN(c4cnc5c(-c6ccc(OS(=O)(=O)F)c7ccccc67)nn(C6CCCCO6)c5n4)CC32)n1. The maximum absolute atomic E-state index is 13.6. The maximum Gasteiger partial charge on any atom is 0.488 e. The van der Waals surface area contributed by atoms with E-state index in [0.717, 1.165) is 137 Å². The molecule has 2 amide bonds. The van der Waals surface area contributed by atoms with Gasteiger partial charge < -0.3 is 47.9 Å². The van der Waals surface area contributed by atoms with Crippen LogP contribution in [-0.2, 0) is 35.5 Å². The number of carbonyl (C=O) groups is 2. The molecular weight excluding hydrogens is 1440 g/mol. The molecule has 6 fully saturated rings. The van der Waals surface area contributed by atoms with E-state index in [0.29, 0.717) is 83.7 Å². The Morgan fingerprint density at radius 2 is 1.13 bits per heavy atom. The summed E-state index contributed by atoms with van der Waals surface area (Å²) in [4.78, 5) is 62.1. The van der Waals surface area contributed by atoms with Gasteiger partial charge in [-0.25, -0.2) is 48.9 Å². The van der Waals surface area contributed by atoms with Crippen molar-refractivity contribution in [1.82, 2.24) is 59.7 Å². The largest absolute Gasteiger partial charge is 0.543 e. The summed E-state index contributed by atoms with van der Waals surface area (Å²) in [6, 6.07) is 22.8. The molecule has 6 aliphatic rings. The quantitative estimate of drug-likeness (QED) is 0.0672. The second kappa shape index (κ2) is 27.9. The van der Waals surface area contributed by atoms with Gasteiger partial charge in [0.15, 0.2) is 29.5 Å². The number of anilines is 2. The van der Waals surface area contributed by atoms with Crippen molar-refractivity contribution >= 4 is 109 Å². The van der Waals surface area contributed by atoms with E-state index in [1.54, 1.807) is 58.0 Å². The molecule has 0 spiro atoms. The van der Waals surface area contributed by atoms with Crippen molar-refractivity contribution in [2.24, 2.45) is 23.7 Å². The van der Waals surface area contributed by atoms with Crippen LogP contribution >= 0.6 is 22.7 Å². The van der Waals surface area contributed by atoms with E-state index >= 15 is 0 Å². The fraction of sp³-hybridized carbons (Fsp3) is 0.513. The average Bonchev–Trinajstić information content (AvgIpc) is 1.53. The van der Waals surface area contributed by atoms with Crippen LogP contribution in [0.15, 0.2) is 96.0 Å². The highest BCUT2D eigenvalue weighted by Crippen LogP contribution is 2.66. The topological polar surface area (TPSA) is 269 Å². The molecule has 8 atom stereocenters. The number of rotatable bonds is 16. The third kappa shape index (κ3) is 14.2. The minimum atomic E-state index is -5.23. The first-order chi connectivity index (χ1) is 50.8. The lowest BCUT2D eigenvalue weighted by Gasteiger charge is -2.36. The zero-order valence-electron chi connectivity index (χ0n) is 63.1. The van der Waals surface area contributed by atoms with Gasteiger partial charge in [0, 0.05) is 113 Å². The van der Waals surface area contributed by atoms with Crippen LogP contribution in [0.2, 0.25) is 18.1 Å². The lowest BCUT2D eigenvalue weighted by molar-refractivity contribution is -0.0369. The van der Waals surface area contributed by atoms with Crippen molar-refractivity contribution < 1.29 is 49.8 Å². The Balaban J connectivity index is 0.000000171. The molecule has 0 bridgehead atoms. The van der Waals surface area contributed by atoms with E-state index in [1.165, 1.54) is 6.07 Å². The molecule has 107 heavy (non-hydrogen) atoms. The van der Waals surface area contributed by atoms with Crippen molar-refractivity contribution in [2.45, 2.75) is 180 Å². The van der Waals surface area contributed by atoms with Crippen LogP contribution in [0.5, 0.6) is 11.5 Å². The molecule has 566 valence electrons. The van der Waals surface area contributed by atoms with E-state index in [1.807, 2.05) is 77.0 Å². The number of halogens is 1. The summed E-state index contributed by atoms with van der Waals surface area (Å²) < 4.78 is 69.8. The van der Waals surface area contributed by atoms with Crippen molar-refractivity contribution in [1.29, 1.82) is 0 Å². The third-order valence-electron chi connectivity index (χ3n) is 23.0. The van der Waals surface area contributed by atoms with Crippen molar-refractivity contribution in [3.63, 3.8) is 0 Å². The van der Waals surface area contributed by atoms with Crippen molar-refractivity contribution in [3.05, 3.63) is 117 Å². The maximum atomic E-state index is 13.6. The number of nitrogens with zero attached hydrogens (tertiary/aromatic N) is 13. The van der Waals surface area contributed by atoms with Gasteiger partial charge in [-0.1, -0.05) is 73.2 Å². The lowest BCUT2D eigenvalue weighted by Crippen LogP contribution is -2.49. The first kappa shape index (κ1) is 74.0. The number of nitrogens with one attached hydrogen (secondary N) is 1. The number of carboxylic acid groups (broad SMARTS) is 1. The Morgan fingerprint density at radius 1 is 0.654 bits per heavy atom. The normalized spacial score (nSPS) is 23.3. The van der Waals surface area contributed by atoms with Gasteiger partial charge in [0.05, 0.1) is 12.4 Å². The molecule has 4 saturated heterocycles. The molecule has 6 aromatic heterocycles. The van der Waals surface area contributed by atoms with E-state index < -0.39 is 42.1 Å². The highest BCUT2D eigenvalue weighted by molar-refractivity contribution is 7.81. The second-order valence-electron chi connectivity index (χ2n) is 33.1. The smallest absolute Gasteiger partial charge is 0.488 e. The van der Waals surface area contributed by atoms with Crippen LogP contribution in [0.1, 0.15) is 148 Å². The number of aromatic nitrogens is 10. The molecule has 29 heteroatoms. The standard InChI is InChI=1S/C42H55N7O4SSi.C36H40FN7O6S2/c1-26-24-54-38(44-26)42(25-48(39(50)51)40(2,3)4)30-19-20-47(23-31(30)42)33-22-43-36-35(46-49(37(36)45-33)34-16-12-13-21-52-34)29-17-18-32(28-15-11-10-14-27(28)29)53-55(8,9)41(5,6)7;1-21-19-51-33(40-21)36(20-39-34(45)49-35(2,3)4)25-14-15-43(18-26(25)36)28-17-38-31-30(42-44(32(31)41-28)29-11-7-8-16-48-29)24-12-13-27(50-52(37,46)47)23-10-6-5-9-22(23)24/h10-11,14-15,17-18,22,24,30-31,34H,12-13,16,19-21,23,25H2,1-9H3,(H,50,51);5-6,9-10,12-13,17,19,25-26,29H,7-8,11,14-16,18,20H2,1-4H3,(H,39,45). The van der Waals surface area contributed by atoms with Gasteiger partial charge in [-0.3, -0.25) is 0 Å². The molecule has 4 aromatic carbocycles. The number of piperidine rings is 2. The predicted molar refractivity (Wildman–Crippen MR) is 416 cm³/mol. The number of hydrogen-bond donors (Lipinski definition) is 2. The summed E-state index contributed by atoms with van der Waals surface area (Å²) in [5.74, 6) is 3.48. The van der Waals surface area contributed by atoms with Gasteiger partial charge in [-0.05, 0) is 184 Å². The first-order valence-corrected chi connectivity index (χ1v) is 43.2. The van der Waals surface area contributed by atoms with Crippen LogP contribution in [0.4, 0.5) is 25.1 Å². The van der Waals surface area contributed by atoms with Gasteiger partial charge in [0.25, 0.3) is 8.32 Å². The Hall–Kier alpha value is -8.48. The summed E-state index contributed by atoms with van der Waals surface area (Å²) in [6.45, 7) is 32.0. The van der Waals surface area contributed by atoms with Crippen LogP contribution in [0, 0.1) is 37.5 Å². The highest BCUT2D eigenvalue weighted by Gasteiger charge is 2.70. The summed E-state index contributed by atoms with van der Waals surface area (Å²) in [7, 11) is -7.32. The van der Waals surface area contributed by atoms with Gasteiger partial charge in [-0.2, -0.15) is 18.6 Å². The van der Waals surface area contributed by atoms with Crippen molar-refractivity contribution in [3.8, 4) is 34.0 Å². The van der Waals surface area contributed by atoms with Crippen LogP contribution in [0.25, 0.3) is 66.4 Å². The Kier molecular flexibility index (Phi) is 19.3. The number of amides is 2. The molecule has 24 nitrogen and oxygen atoms in total. The zero-order valence-corrected chi connectivity index (χ0v) is 66.5. The Morgan fingerprint density at radius 3 is 1.58 bits per heavy atom. The number of fused-ring (bicyclic) bond motifs is 6. The minimum Gasteiger partial charge on any atom is -0.543 e. The molecule has 4 aliphatic heterocycles. The number of aryl methyl sites for hydroxylation is 2. The zero-order chi connectivity index (χ0) is 75.5. The van der Waals surface area contributed by atoms with Gasteiger partial charge >= 0.3 is 22.7 Å². The van der Waals surface area contributed by atoms with E-state index in [-0.39, 0.29) is 45.9 Å². The molecule has 2 N–H and O–H groups in total. The van der Waals surface area contributed by atoms with E-state index in [4.69, 9.17) is 58.7 Å². The summed E-state index contributed by atoms with van der Waals surface area (Å²) in [5.41, 5.74) is 5.76. The van der Waals surface area contributed by atoms with Gasteiger partial charge in [0.1, 0.15) is 55.4 Å². The van der Waals surface area contributed by atoms with Crippen LogP contribution in [-0.4, -0.2) is 152 Å². The molecular formula is C78H95FN14O10S3Si. The van der Waals surface area contributed by atoms with Gasteiger partial charge in [-0.15, -0.1) is 22.7 Å². The van der Waals surface area contributed by atoms with E-state index in [2.05, 4.69) is 100 Å². The van der Waals surface area contributed by atoms with Crippen LogP contribution in [0.3, 0.4) is 0 Å². The molecule has 10 heterocycles. The molecule has 16 rings (SSSR count). The minimum absolute atomic E-state index is 0.0659. The third-order valence-corrected chi connectivity index (χ3v) is 30.0. The summed E-state index contributed by atoms with van der Waals surface area (Å²) >= 11 is 3.30. The lowest BCUT2D eigenvalue weighted by atomic mass is 9.97. The number of benzene rings is 4. The van der Waals surface area contributed by atoms with Crippen molar-refractivity contribution in [2.75, 3.05) is 62.3 Å². The number of hydrogen-bond acceptors (Lipinski definition) is 21. The second-order valence-corrected chi connectivity index (χ2v) is 40.5. The van der Waals surface area contributed by atoms with Gasteiger partial charge in [0.2, 0.25) is 0 Å². The molecule has 8 unspecified atom stereocenters. The average molecular weight is 1530 g/mol. The Labute approximate surface area is 632 Å². The highest BCUT2D eigenvalue weighted by atomic mass is 32.3. The monoisotopic (exact) mass is 1530 g/mol. The number of carbonyl (C=O) groups excluding carboxylic acids is 1. The first-order valence-electron chi connectivity index (χ1n) is 37.2. The fourth-order valence-corrected chi connectivity index (χ4v) is 20.2. The molecule has 10 aromatic rings. The number of thiazole rings is 2. The molecule has 0 radical (unpaired) electrons. The van der Waals surface area contributed by atoms with Crippen LogP contribution < -0.4 is 23.7 Å². The molecule has 2 saturated carbocycles. The summed E-state index contributed by atoms with van der Waals surface area (Å²) in [5, 5.41) is 33.1. The number of alkyl carbamates (subject to hydrolysis) is 1. The summed E-state index contributed by atoms with van der Waals surface area (Å²) in [6.07, 6.45) is 9.24. The number of ether oxygens (including phenoxy) is 3.